The lowest BCUT2D eigenvalue weighted by atomic mass is 10.2. The summed E-state index contributed by atoms with van der Waals surface area (Å²) < 4.78 is 0.700. The van der Waals surface area contributed by atoms with E-state index in [1.54, 1.807) is 54.4 Å². The van der Waals surface area contributed by atoms with Gasteiger partial charge in [0.05, 0.1) is 5.02 Å². The molecule has 0 fully saturated rings. The summed E-state index contributed by atoms with van der Waals surface area (Å²) in [5, 5.41) is 0.576. The zero-order valence-electron chi connectivity index (χ0n) is 10.2. The van der Waals surface area contributed by atoms with E-state index >= 15 is 0 Å². The smallest absolute Gasteiger partial charge is 0.258 e. The molecular weight excluding hydrogens is 328 g/mol. The molecule has 2 aromatic rings. The molecule has 19 heavy (non-hydrogen) atoms. The van der Waals surface area contributed by atoms with Gasteiger partial charge < -0.3 is 10.6 Å². The van der Waals surface area contributed by atoms with Gasteiger partial charge in [-0.05, 0) is 58.4 Å². The second kappa shape index (κ2) is 5.63. The number of rotatable bonds is 2. The second-order valence-electron chi connectivity index (χ2n) is 4.08. The number of halogens is 2. The van der Waals surface area contributed by atoms with Gasteiger partial charge in [-0.15, -0.1) is 0 Å². The monoisotopic (exact) mass is 338 g/mol. The fraction of sp³-hybridized carbons (Fsp3) is 0.0714. The average Bonchev–Trinajstić information content (AvgIpc) is 2.41. The van der Waals surface area contributed by atoms with E-state index in [0.717, 1.165) is 5.69 Å². The minimum absolute atomic E-state index is 0.109. The molecule has 0 aromatic heterocycles. The van der Waals surface area contributed by atoms with Crippen molar-refractivity contribution in [3.63, 3.8) is 0 Å². The summed E-state index contributed by atoms with van der Waals surface area (Å²) in [5.74, 6) is -0.109. The maximum absolute atomic E-state index is 12.3. The highest BCUT2D eigenvalue weighted by molar-refractivity contribution is 9.10. The molecule has 0 bridgehead atoms. The number of carbonyl (C=O) groups excluding carboxylic acids is 1. The van der Waals surface area contributed by atoms with Gasteiger partial charge in [0.2, 0.25) is 0 Å². The third kappa shape index (κ3) is 3.08. The molecule has 0 saturated heterocycles. The molecule has 0 unspecified atom stereocenters. The van der Waals surface area contributed by atoms with Gasteiger partial charge in [0.25, 0.3) is 5.91 Å². The number of benzene rings is 2. The first kappa shape index (κ1) is 13.9. The Morgan fingerprint density at radius 2 is 1.84 bits per heavy atom. The van der Waals surface area contributed by atoms with Crippen molar-refractivity contribution in [3.05, 3.63) is 57.5 Å². The fourth-order valence-electron chi connectivity index (χ4n) is 1.64. The number of hydrogen-bond donors (Lipinski definition) is 1. The van der Waals surface area contributed by atoms with E-state index in [1.165, 1.54) is 0 Å². The quantitative estimate of drug-likeness (QED) is 0.842. The summed E-state index contributed by atoms with van der Waals surface area (Å²) in [6.45, 7) is 0. The maximum Gasteiger partial charge on any atom is 0.258 e. The van der Waals surface area contributed by atoms with Crippen molar-refractivity contribution in [2.75, 3.05) is 17.7 Å². The van der Waals surface area contributed by atoms with Gasteiger partial charge in [-0.1, -0.05) is 11.6 Å². The van der Waals surface area contributed by atoms with E-state index in [-0.39, 0.29) is 5.91 Å². The summed E-state index contributed by atoms with van der Waals surface area (Å²) in [6, 6.07) is 12.2. The highest BCUT2D eigenvalue weighted by Gasteiger charge is 2.14. The molecule has 0 heterocycles. The van der Waals surface area contributed by atoms with Crippen molar-refractivity contribution in [1.82, 2.24) is 0 Å². The number of carbonyl (C=O) groups is 1. The second-order valence-corrected chi connectivity index (χ2v) is 5.35. The van der Waals surface area contributed by atoms with Crippen molar-refractivity contribution in [3.8, 4) is 0 Å². The number of amides is 1. The molecule has 0 aliphatic carbocycles. The minimum atomic E-state index is -0.109. The molecule has 0 atom stereocenters. The van der Waals surface area contributed by atoms with Gasteiger partial charge in [-0.25, -0.2) is 0 Å². The SMILES string of the molecule is CN(C(=O)c1ccc(Cl)c(Br)c1)c1ccc(N)cc1. The van der Waals surface area contributed by atoms with Crippen molar-refractivity contribution < 1.29 is 4.79 Å². The van der Waals surface area contributed by atoms with Crippen LogP contribution >= 0.6 is 27.5 Å². The van der Waals surface area contributed by atoms with Crippen LogP contribution in [0.2, 0.25) is 5.02 Å². The highest BCUT2D eigenvalue weighted by atomic mass is 79.9. The Morgan fingerprint density at radius 3 is 2.42 bits per heavy atom. The Kier molecular flexibility index (Phi) is 4.12. The standard InChI is InChI=1S/C14H12BrClN2O/c1-18(11-5-3-10(17)4-6-11)14(19)9-2-7-13(16)12(15)8-9/h2-8H,17H2,1H3. The first-order valence-corrected chi connectivity index (χ1v) is 6.75. The summed E-state index contributed by atoms with van der Waals surface area (Å²) in [6.07, 6.45) is 0. The predicted octanol–water partition coefficient (Wildman–Crippen LogP) is 3.96. The van der Waals surface area contributed by atoms with E-state index in [0.29, 0.717) is 20.7 Å². The molecule has 0 aliphatic rings. The van der Waals surface area contributed by atoms with E-state index in [4.69, 9.17) is 17.3 Å². The van der Waals surface area contributed by atoms with Crippen LogP contribution in [-0.2, 0) is 0 Å². The summed E-state index contributed by atoms with van der Waals surface area (Å²) in [5.41, 5.74) is 7.64. The Bertz CT molecular complexity index is 613. The number of nitrogens with two attached hydrogens (primary N) is 1. The zero-order chi connectivity index (χ0) is 14.0. The number of nitrogens with zero attached hydrogens (tertiary/aromatic N) is 1. The Labute approximate surface area is 125 Å². The third-order valence-electron chi connectivity index (χ3n) is 2.75. The van der Waals surface area contributed by atoms with Crippen LogP contribution in [0.3, 0.4) is 0 Å². The van der Waals surface area contributed by atoms with Crippen molar-refractivity contribution in [2.24, 2.45) is 0 Å². The lowest BCUT2D eigenvalue weighted by Crippen LogP contribution is -2.26. The van der Waals surface area contributed by atoms with Gasteiger partial charge in [0.15, 0.2) is 0 Å². The summed E-state index contributed by atoms with van der Waals surface area (Å²) in [7, 11) is 1.72. The van der Waals surface area contributed by atoms with Crippen molar-refractivity contribution in [2.45, 2.75) is 0 Å². The molecule has 2 N–H and O–H groups in total. The lowest BCUT2D eigenvalue weighted by molar-refractivity contribution is 0.0993. The van der Waals surface area contributed by atoms with Crippen LogP contribution in [0.1, 0.15) is 10.4 Å². The van der Waals surface area contributed by atoms with Gasteiger partial charge in [0, 0.05) is 28.5 Å². The predicted molar refractivity (Wildman–Crippen MR) is 82.7 cm³/mol. The van der Waals surface area contributed by atoms with Crippen LogP contribution in [0, 0.1) is 0 Å². The van der Waals surface area contributed by atoms with Gasteiger partial charge in [0.1, 0.15) is 0 Å². The van der Waals surface area contributed by atoms with Crippen molar-refractivity contribution in [1.29, 1.82) is 0 Å². The number of hydrogen-bond acceptors (Lipinski definition) is 2. The fourth-order valence-corrected chi connectivity index (χ4v) is 2.13. The first-order valence-electron chi connectivity index (χ1n) is 5.57. The van der Waals surface area contributed by atoms with E-state index in [9.17, 15) is 4.79 Å². The molecule has 1 amide bonds. The zero-order valence-corrected chi connectivity index (χ0v) is 12.6. The van der Waals surface area contributed by atoms with Gasteiger partial charge >= 0.3 is 0 Å². The van der Waals surface area contributed by atoms with Crippen LogP contribution in [0.5, 0.6) is 0 Å². The van der Waals surface area contributed by atoms with E-state index < -0.39 is 0 Å². The molecule has 0 aliphatic heterocycles. The number of nitrogen functional groups attached to an aromatic ring is 1. The van der Waals surface area contributed by atoms with Crippen LogP contribution in [0.4, 0.5) is 11.4 Å². The molecular formula is C14H12BrClN2O. The Morgan fingerprint density at radius 1 is 1.21 bits per heavy atom. The maximum atomic E-state index is 12.3. The Balaban J connectivity index is 2.28. The van der Waals surface area contributed by atoms with Crippen LogP contribution in [0.25, 0.3) is 0 Å². The topological polar surface area (TPSA) is 46.3 Å². The number of anilines is 2. The largest absolute Gasteiger partial charge is 0.399 e. The molecule has 98 valence electrons. The van der Waals surface area contributed by atoms with Crippen LogP contribution in [0.15, 0.2) is 46.9 Å². The molecule has 0 saturated carbocycles. The summed E-state index contributed by atoms with van der Waals surface area (Å²) >= 11 is 9.22. The molecule has 3 nitrogen and oxygen atoms in total. The normalized spacial score (nSPS) is 10.3. The van der Waals surface area contributed by atoms with Crippen LogP contribution in [-0.4, -0.2) is 13.0 Å². The first-order chi connectivity index (χ1) is 8.99. The lowest BCUT2D eigenvalue weighted by Gasteiger charge is -2.17. The van der Waals surface area contributed by atoms with E-state index in [2.05, 4.69) is 15.9 Å². The minimum Gasteiger partial charge on any atom is -0.399 e. The molecule has 2 rings (SSSR count). The Hall–Kier alpha value is -1.52. The highest BCUT2D eigenvalue weighted by Crippen LogP contribution is 2.25. The van der Waals surface area contributed by atoms with Crippen LogP contribution < -0.4 is 10.6 Å². The summed E-state index contributed by atoms with van der Waals surface area (Å²) in [4.78, 5) is 13.9. The third-order valence-corrected chi connectivity index (χ3v) is 3.97. The molecule has 2 aromatic carbocycles. The van der Waals surface area contributed by atoms with E-state index in [1.807, 2.05) is 0 Å². The molecule has 5 heteroatoms. The van der Waals surface area contributed by atoms with Crippen molar-refractivity contribution >= 4 is 44.8 Å². The average molecular weight is 340 g/mol. The van der Waals surface area contributed by atoms with Gasteiger partial charge in [-0.3, -0.25) is 4.79 Å². The molecule has 0 radical (unpaired) electrons. The molecule has 0 spiro atoms. The van der Waals surface area contributed by atoms with Gasteiger partial charge in [-0.2, -0.15) is 0 Å².